The summed E-state index contributed by atoms with van der Waals surface area (Å²) in [5.74, 6) is 0.378. The van der Waals surface area contributed by atoms with Crippen LogP contribution in [0.4, 0.5) is 0 Å². The molecule has 4 rings (SSSR count). The first-order valence-electron chi connectivity index (χ1n) is 7.58. The highest BCUT2D eigenvalue weighted by molar-refractivity contribution is 5.94. The van der Waals surface area contributed by atoms with Gasteiger partial charge >= 0.3 is 0 Å². The van der Waals surface area contributed by atoms with Crippen molar-refractivity contribution in [1.82, 2.24) is 24.8 Å². The Kier molecular flexibility index (Phi) is 3.34. The maximum Gasteiger partial charge on any atom is 0.270 e. The standard InChI is InChI=1S/C15H17N5O2/c21-14(17-10-4-7-22-8-10)13-11-2-1-3-12(11)18-15(19-13)20-6-5-16-9-20/h5-6,9-10H,1-4,7-8H2,(H,17,21)/t10-/m0/s1. The maximum absolute atomic E-state index is 12.6. The van der Waals surface area contributed by atoms with Crippen molar-refractivity contribution in [1.29, 1.82) is 0 Å². The van der Waals surface area contributed by atoms with E-state index in [9.17, 15) is 4.79 Å². The number of aromatic nitrogens is 4. The summed E-state index contributed by atoms with van der Waals surface area (Å²) in [6.07, 6.45) is 8.73. The van der Waals surface area contributed by atoms with E-state index in [1.54, 1.807) is 23.3 Å². The molecule has 1 aliphatic carbocycles. The number of nitrogens with one attached hydrogen (secondary N) is 1. The van der Waals surface area contributed by atoms with Crippen LogP contribution in [0.3, 0.4) is 0 Å². The van der Waals surface area contributed by atoms with Gasteiger partial charge in [-0.05, 0) is 25.7 Å². The van der Waals surface area contributed by atoms with Crippen molar-refractivity contribution < 1.29 is 9.53 Å². The van der Waals surface area contributed by atoms with Gasteiger partial charge in [-0.1, -0.05) is 0 Å². The molecule has 2 aromatic heterocycles. The van der Waals surface area contributed by atoms with Crippen LogP contribution in [0.15, 0.2) is 18.7 Å². The van der Waals surface area contributed by atoms with E-state index in [0.717, 1.165) is 36.9 Å². The lowest BCUT2D eigenvalue weighted by Gasteiger charge is -2.13. The third-order valence-electron chi connectivity index (χ3n) is 4.14. The molecule has 1 aliphatic heterocycles. The van der Waals surface area contributed by atoms with E-state index in [1.165, 1.54) is 0 Å². The lowest BCUT2D eigenvalue weighted by molar-refractivity contribution is 0.0923. The molecule has 0 bridgehead atoms. The molecule has 1 atom stereocenters. The van der Waals surface area contributed by atoms with E-state index >= 15 is 0 Å². The predicted octanol–water partition coefficient (Wildman–Crippen LogP) is 0.670. The van der Waals surface area contributed by atoms with Gasteiger partial charge < -0.3 is 10.1 Å². The number of ether oxygens (including phenoxy) is 1. The third kappa shape index (κ3) is 2.37. The zero-order chi connectivity index (χ0) is 14.9. The zero-order valence-corrected chi connectivity index (χ0v) is 12.2. The van der Waals surface area contributed by atoms with Crippen molar-refractivity contribution in [2.45, 2.75) is 31.7 Å². The monoisotopic (exact) mass is 299 g/mol. The number of amides is 1. The molecule has 1 fully saturated rings. The molecule has 1 amide bonds. The summed E-state index contributed by atoms with van der Waals surface area (Å²) in [5, 5.41) is 3.02. The van der Waals surface area contributed by atoms with Gasteiger partial charge in [0.25, 0.3) is 5.91 Å². The second-order valence-corrected chi connectivity index (χ2v) is 5.65. The number of hydrogen-bond donors (Lipinski definition) is 1. The molecule has 3 heterocycles. The van der Waals surface area contributed by atoms with E-state index in [0.29, 0.717) is 24.9 Å². The highest BCUT2D eigenvalue weighted by atomic mass is 16.5. The lowest BCUT2D eigenvalue weighted by Crippen LogP contribution is -2.36. The molecule has 22 heavy (non-hydrogen) atoms. The SMILES string of the molecule is O=C(N[C@H]1CCOC1)c1nc(-n2ccnc2)nc2c1CCC2. The molecule has 1 saturated heterocycles. The van der Waals surface area contributed by atoms with E-state index in [1.807, 2.05) is 0 Å². The Morgan fingerprint density at radius 2 is 2.32 bits per heavy atom. The molecule has 0 unspecified atom stereocenters. The van der Waals surface area contributed by atoms with E-state index in [2.05, 4.69) is 20.3 Å². The van der Waals surface area contributed by atoms with Crippen molar-refractivity contribution in [3.05, 3.63) is 35.7 Å². The molecule has 0 saturated carbocycles. The van der Waals surface area contributed by atoms with Crippen molar-refractivity contribution in [3.63, 3.8) is 0 Å². The van der Waals surface area contributed by atoms with Crippen LogP contribution < -0.4 is 5.32 Å². The van der Waals surface area contributed by atoms with Gasteiger partial charge in [-0.2, -0.15) is 0 Å². The van der Waals surface area contributed by atoms with Gasteiger partial charge in [0.1, 0.15) is 12.0 Å². The smallest absolute Gasteiger partial charge is 0.270 e. The topological polar surface area (TPSA) is 81.9 Å². The molecule has 2 aromatic rings. The second-order valence-electron chi connectivity index (χ2n) is 5.65. The number of carbonyl (C=O) groups is 1. The van der Waals surface area contributed by atoms with Crippen molar-refractivity contribution in [2.75, 3.05) is 13.2 Å². The number of nitrogens with zero attached hydrogens (tertiary/aromatic N) is 4. The summed E-state index contributed by atoms with van der Waals surface area (Å²) >= 11 is 0. The zero-order valence-electron chi connectivity index (χ0n) is 12.2. The molecule has 1 N–H and O–H groups in total. The Morgan fingerprint density at radius 1 is 1.36 bits per heavy atom. The van der Waals surface area contributed by atoms with Gasteiger partial charge in [-0.15, -0.1) is 0 Å². The molecule has 0 radical (unpaired) electrons. The van der Waals surface area contributed by atoms with Gasteiger partial charge in [0, 0.05) is 30.3 Å². The average Bonchev–Trinajstić information content (AvgIpc) is 3.27. The van der Waals surface area contributed by atoms with Crippen LogP contribution in [0, 0.1) is 0 Å². The summed E-state index contributed by atoms with van der Waals surface area (Å²) in [6.45, 7) is 1.28. The summed E-state index contributed by atoms with van der Waals surface area (Å²) in [4.78, 5) is 25.7. The minimum absolute atomic E-state index is 0.0798. The highest BCUT2D eigenvalue weighted by Gasteiger charge is 2.26. The van der Waals surface area contributed by atoms with Crippen LogP contribution in [-0.2, 0) is 17.6 Å². The van der Waals surface area contributed by atoms with Crippen molar-refractivity contribution in [2.24, 2.45) is 0 Å². The van der Waals surface area contributed by atoms with Crippen LogP contribution in [0.2, 0.25) is 0 Å². The highest BCUT2D eigenvalue weighted by Crippen LogP contribution is 2.24. The van der Waals surface area contributed by atoms with Crippen LogP contribution in [0.1, 0.15) is 34.6 Å². The summed E-state index contributed by atoms with van der Waals surface area (Å²) in [7, 11) is 0. The number of fused-ring (bicyclic) bond motifs is 1. The maximum atomic E-state index is 12.6. The number of carbonyl (C=O) groups excluding carboxylic acids is 1. The molecule has 0 spiro atoms. The lowest BCUT2D eigenvalue weighted by atomic mass is 10.1. The molecule has 7 heteroatoms. The van der Waals surface area contributed by atoms with Gasteiger partial charge in [0.15, 0.2) is 0 Å². The second kappa shape index (κ2) is 5.49. The summed E-state index contributed by atoms with van der Waals surface area (Å²) in [5.41, 5.74) is 2.46. The first kappa shape index (κ1) is 13.4. The fraction of sp³-hybridized carbons (Fsp3) is 0.467. The summed E-state index contributed by atoms with van der Waals surface area (Å²) < 4.78 is 7.04. The van der Waals surface area contributed by atoms with Crippen LogP contribution in [0.5, 0.6) is 0 Å². The Hall–Kier alpha value is -2.28. The Bertz CT molecular complexity index is 692. The number of hydrogen-bond acceptors (Lipinski definition) is 5. The Labute approximate surface area is 127 Å². The van der Waals surface area contributed by atoms with E-state index < -0.39 is 0 Å². The van der Waals surface area contributed by atoms with Gasteiger partial charge in [-0.3, -0.25) is 9.36 Å². The first-order chi connectivity index (χ1) is 10.8. The Morgan fingerprint density at radius 3 is 3.09 bits per heavy atom. The molecule has 114 valence electrons. The first-order valence-corrected chi connectivity index (χ1v) is 7.58. The van der Waals surface area contributed by atoms with Gasteiger partial charge in [-0.25, -0.2) is 15.0 Å². The number of rotatable bonds is 3. The number of imidazole rings is 1. The van der Waals surface area contributed by atoms with Crippen LogP contribution in [0.25, 0.3) is 5.95 Å². The van der Waals surface area contributed by atoms with Crippen molar-refractivity contribution in [3.8, 4) is 5.95 Å². The fourth-order valence-corrected chi connectivity index (χ4v) is 3.00. The molecule has 2 aliphatic rings. The van der Waals surface area contributed by atoms with Crippen molar-refractivity contribution >= 4 is 5.91 Å². The number of aryl methyl sites for hydroxylation is 1. The molecular formula is C15H17N5O2. The van der Waals surface area contributed by atoms with E-state index in [4.69, 9.17) is 4.74 Å². The largest absolute Gasteiger partial charge is 0.379 e. The quantitative estimate of drug-likeness (QED) is 0.901. The third-order valence-corrected chi connectivity index (χ3v) is 4.14. The Balaban J connectivity index is 1.69. The predicted molar refractivity (Wildman–Crippen MR) is 77.9 cm³/mol. The molecule has 0 aromatic carbocycles. The van der Waals surface area contributed by atoms with Gasteiger partial charge in [0.05, 0.1) is 12.6 Å². The summed E-state index contributed by atoms with van der Waals surface area (Å²) in [6, 6.07) is 0.0798. The van der Waals surface area contributed by atoms with Gasteiger partial charge in [0.2, 0.25) is 5.95 Å². The van der Waals surface area contributed by atoms with Crippen LogP contribution >= 0.6 is 0 Å². The molecular weight excluding hydrogens is 282 g/mol. The van der Waals surface area contributed by atoms with Crippen LogP contribution in [-0.4, -0.2) is 44.7 Å². The average molecular weight is 299 g/mol. The minimum Gasteiger partial charge on any atom is -0.379 e. The molecule has 7 nitrogen and oxygen atoms in total. The normalized spacial score (nSPS) is 20.1. The minimum atomic E-state index is -0.127. The van der Waals surface area contributed by atoms with E-state index in [-0.39, 0.29) is 11.9 Å². The fourth-order valence-electron chi connectivity index (χ4n) is 3.00.